The van der Waals surface area contributed by atoms with E-state index in [9.17, 15) is 0 Å². The molecule has 0 atom stereocenters. The third-order valence-corrected chi connectivity index (χ3v) is 3.67. The maximum absolute atomic E-state index is 8.66. The Morgan fingerprint density at radius 3 is 1.43 bits per heavy atom. The molecule has 0 aromatic heterocycles. The van der Waals surface area contributed by atoms with Crippen LogP contribution >= 0.6 is 0 Å². The normalized spacial score (nSPS) is 10.6. The molecule has 0 aromatic carbocycles. The molecule has 0 spiro atoms. The first-order chi connectivity index (χ1) is 10.4. The predicted molar refractivity (Wildman–Crippen MR) is 93.3 cm³/mol. The number of unbranched alkanes of at least 4 members (excludes halogenated alkanes) is 12. The minimum atomic E-state index is 0.362. The Morgan fingerprint density at radius 1 is 0.619 bits per heavy atom. The van der Waals surface area contributed by atoms with Crippen LogP contribution in [0.1, 0.15) is 96.8 Å². The van der Waals surface area contributed by atoms with E-state index in [0.29, 0.717) is 6.61 Å². The standard InChI is InChI=1S/C18H36O.O2/c1-2-3-4-5-6-7-8-9-10-11-12-13-14-15-16-17-18-19;1-2/h9-10,19H,2-8,11-18H2,1H3;/b10-9-;. The van der Waals surface area contributed by atoms with Crippen molar-refractivity contribution in [3.8, 4) is 0 Å². The van der Waals surface area contributed by atoms with Gasteiger partial charge in [-0.1, -0.05) is 76.9 Å². The van der Waals surface area contributed by atoms with E-state index in [0.717, 1.165) is 6.42 Å². The smallest absolute Gasteiger partial charge is 0.0431 e. The molecule has 3 heteroatoms. The molecular formula is C18H36O3. The Morgan fingerprint density at radius 2 is 1.00 bits per heavy atom. The van der Waals surface area contributed by atoms with Gasteiger partial charge in [0.2, 0.25) is 0 Å². The second-order valence-corrected chi connectivity index (χ2v) is 5.66. The van der Waals surface area contributed by atoms with Gasteiger partial charge in [-0.2, -0.15) is 0 Å². The van der Waals surface area contributed by atoms with Crippen molar-refractivity contribution in [1.82, 2.24) is 0 Å². The van der Waals surface area contributed by atoms with Gasteiger partial charge in [-0.25, -0.2) is 0 Å². The third-order valence-electron chi connectivity index (χ3n) is 3.67. The van der Waals surface area contributed by atoms with Crippen LogP contribution < -0.4 is 0 Å². The lowest BCUT2D eigenvalue weighted by atomic mass is 10.1. The molecule has 0 heterocycles. The Balaban J connectivity index is 0. The van der Waals surface area contributed by atoms with Gasteiger partial charge in [0.15, 0.2) is 0 Å². The monoisotopic (exact) mass is 300 g/mol. The summed E-state index contributed by atoms with van der Waals surface area (Å²) in [6, 6.07) is 0. The molecule has 0 aliphatic rings. The summed E-state index contributed by atoms with van der Waals surface area (Å²) in [7, 11) is 0. The quantitative estimate of drug-likeness (QED) is 0.294. The van der Waals surface area contributed by atoms with Gasteiger partial charge in [-0.3, -0.25) is 0 Å². The number of aliphatic hydroxyl groups is 1. The number of rotatable bonds is 15. The molecule has 0 aliphatic carbocycles. The Bertz CT molecular complexity index is 193. The van der Waals surface area contributed by atoms with Crippen molar-refractivity contribution in [2.45, 2.75) is 96.8 Å². The summed E-state index contributed by atoms with van der Waals surface area (Å²) in [5.74, 6) is 0. The van der Waals surface area contributed by atoms with Crippen LogP contribution in [0.15, 0.2) is 12.2 Å². The highest BCUT2D eigenvalue weighted by Crippen LogP contribution is 2.09. The van der Waals surface area contributed by atoms with E-state index in [1.165, 1.54) is 83.5 Å². The first-order valence-electron chi connectivity index (χ1n) is 8.84. The zero-order valence-corrected chi connectivity index (χ0v) is 14.0. The van der Waals surface area contributed by atoms with E-state index in [1.807, 2.05) is 0 Å². The molecule has 0 saturated carbocycles. The number of aliphatic hydroxyl groups excluding tert-OH is 1. The van der Waals surface area contributed by atoms with E-state index in [-0.39, 0.29) is 0 Å². The molecule has 0 radical (unpaired) electrons. The second kappa shape index (κ2) is 24.3. The van der Waals surface area contributed by atoms with Crippen molar-refractivity contribution in [2.24, 2.45) is 0 Å². The highest BCUT2D eigenvalue weighted by atomic mass is 16.7. The molecule has 0 rings (SSSR count). The van der Waals surface area contributed by atoms with Crippen molar-refractivity contribution in [2.75, 3.05) is 6.61 Å². The maximum atomic E-state index is 8.66. The van der Waals surface area contributed by atoms with Crippen LogP contribution in [0.4, 0.5) is 0 Å². The molecule has 0 fully saturated rings. The summed E-state index contributed by atoms with van der Waals surface area (Å²) in [6.07, 6.45) is 23.2. The summed E-state index contributed by atoms with van der Waals surface area (Å²) in [5.41, 5.74) is 0. The van der Waals surface area contributed by atoms with Crippen LogP contribution in [0.5, 0.6) is 0 Å². The summed E-state index contributed by atoms with van der Waals surface area (Å²) >= 11 is 0. The van der Waals surface area contributed by atoms with Crippen molar-refractivity contribution in [3.63, 3.8) is 0 Å². The van der Waals surface area contributed by atoms with Crippen LogP contribution in [-0.2, 0) is 0 Å². The summed E-state index contributed by atoms with van der Waals surface area (Å²) in [6.45, 7) is 2.64. The molecule has 21 heavy (non-hydrogen) atoms. The van der Waals surface area contributed by atoms with E-state index in [2.05, 4.69) is 19.1 Å². The van der Waals surface area contributed by atoms with Crippen molar-refractivity contribution >= 4 is 0 Å². The zero-order chi connectivity index (χ0) is 16.0. The fourth-order valence-corrected chi connectivity index (χ4v) is 2.36. The van der Waals surface area contributed by atoms with Crippen molar-refractivity contribution < 1.29 is 5.11 Å². The van der Waals surface area contributed by atoms with Gasteiger partial charge in [0.05, 0.1) is 0 Å². The average Bonchev–Trinajstić information content (AvgIpc) is 2.53. The van der Waals surface area contributed by atoms with E-state index in [1.54, 1.807) is 0 Å². The molecule has 0 aromatic rings. The Hall–Kier alpha value is -0.700. The lowest BCUT2D eigenvalue weighted by Crippen LogP contribution is -1.83. The van der Waals surface area contributed by atoms with Gasteiger partial charge in [-0.15, -0.1) is 0 Å². The van der Waals surface area contributed by atoms with Crippen LogP contribution in [0.3, 0.4) is 0 Å². The minimum absolute atomic E-state index is 0.362. The first-order valence-corrected chi connectivity index (χ1v) is 8.84. The molecule has 0 bridgehead atoms. The highest BCUT2D eigenvalue weighted by Gasteiger charge is 1.90. The van der Waals surface area contributed by atoms with Gasteiger partial charge in [0.1, 0.15) is 0 Å². The lowest BCUT2D eigenvalue weighted by molar-refractivity contribution is 0.282. The van der Waals surface area contributed by atoms with E-state index in [4.69, 9.17) is 15.0 Å². The lowest BCUT2D eigenvalue weighted by Gasteiger charge is -1.99. The summed E-state index contributed by atoms with van der Waals surface area (Å²) in [5, 5.41) is 8.66. The SMILES string of the molecule is CCCCCCCC/C=C\CCCCCCCCO.O=O. The average molecular weight is 300 g/mol. The maximum Gasteiger partial charge on any atom is 0.0431 e. The van der Waals surface area contributed by atoms with Crippen LogP contribution in [-0.4, -0.2) is 11.7 Å². The van der Waals surface area contributed by atoms with Gasteiger partial charge in [-0.05, 0) is 32.1 Å². The van der Waals surface area contributed by atoms with E-state index >= 15 is 0 Å². The number of hydrogen-bond donors (Lipinski definition) is 1. The molecular weight excluding hydrogens is 264 g/mol. The molecule has 126 valence electrons. The topological polar surface area (TPSA) is 54.4 Å². The molecule has 0 unspecified atom stereocenters. The fraction of sp³-hybridized carbons (Fsp3) is 0.889. The second-order valence-electron chi connectivity index (χ2n) is 5.66. The predicted octanol–water partition coefficient (Wildman–Crippen LogP) is 6.08. The van der Waals surface area contributed by atoms with Crippen molar-refractivity contribution in [3.05, 3.63) is 22.1 Å². The van der Waals surface area contributed by atoms with E-state index < -0.39 is 0 Å². The first kappa shape index (κ1) is 22.6. The fourth-order valence-electron chi connectivity index (χ4n) is 2.36. The van der Waals surface area contributed by atoms with Gasteiger partial charge in [0, 0.05) is 16.5 Å². The van der Waals surface area contributed by atoms with Gasteiger partial charge >= 0.3 is 0 Å². The molecule has 1 N–H and O–H groups in total. The van der Waals surface area contributed by atoms with Gasteiger partial charge in [0.25, 0.3) is 0 Å². The summed E-state index contributed by atoms with van der Waals surface area (Å²) in [4.78, 5) is 14.0. The van der Waals surface area contributed by atoms with Crippen molar-refractivity contribution in [1.29, 1.82) is 0 Å². The zero-order valence-electron chi connectivity index (χ0n) is 14.0. The Kier molecular flexibility index (Phi) is 26.2. The highest BCUT2D eigenvalue weighted by molar-refractivity contribution is 4.81. The van der Waals surface area contributed by atoms with Crippen LogP contribution in [0.2, 0.25) is 0 Å². The third kappa shape index (κ3) is 24.7. The molecule has 3 nitrogen and oxygen atoms in total. The molecule has 0 amide bonds. The summed E-state index contributed by atoms with van der Waals surface area (Å²) < 4.78 is 0. The number of hydrogen-bond acceptors (Lipinski definition) is 3. The molecule has 0 saturated heterocycles. The van der Waals surface area contributed by atoms with Crippen LogP contribution in [0.25, 0.3) is 0 Å². The molecule has 0 aliphatic heterocycles. The number of allylic oxidation sites excluding steroid dienone is 2. The Labute approximate surface area is 131 Å². The van der Waals surface area contributed by atoms with Crippen LogP contribution in [0, 0.1) is 9.93 Å². The largest absolute Gasteiger partial charge is 0.396 e. The minimum Gasteiger partial charge on any atom is -0.396 e. The van der Waals surface area contributed by atoms with Gasteiger partial charge < -0.3 is 5.11 Å².